The average molecular weight is 277 g/mol. The lowest BCUT2D eigenvalue weighted by Crippen LogP contribution is -2.19. The summed E-state index contributed by atoms with van der Waals surface area (Å²) in [6, 6.07) is 0. The lowest BCUT2D eigenvalue weighted by Gasteiger charge is -2.04. The number of aryl methyl sites for hydroxylation is 2. The van der Waals surface area contributed by atoms with Crippen molar-refractivity contribution < 1.29 is 10.0 Å². The highest BCUT2D eigenvalue weighted by molar-refractivity contribution is 6.09. The van der Waals surface area contributed by atoms with Gasteiger partial charge in [-0.05, 0) is 6.42 Å². The van der Waals surface area contributed by atoms with Gasteiger partial charge in [0.1, 0.15) is 5.82 Å². The van der Waals surface area contributed by atoms with Crippen LogP contribution in [0.2, 0.25) is 0 Å². The lowest BCUT2D eigenvalue weighted by atomic mass is 10.2. The number of anilines is 1. The highest BCUT2D eigenvalue weighted by atomic mass is 16.4. The van der Waals surface area contributed by atoms with Gasteiger partial charge >= 0.3 is 0 Å². The van der Waals surface area contributed by atoms with Crippen molar-refractivity contribution in [3.8, 4) is 0 Å². The summed E-state index contributed by atoms with van der Waals surface area (Å²) in [5, 5.41) is 24.7. The van der Waals surface area contributed by atoms with E-state index < -0.39 is 0 Å². The number of nitrogens with zero attached hydrogens (tertiary/aromatic N) is 4. The molecular formula is C11H15N7O2. The lowest BCUT2D eigenvalue weighted by molar-refractivity contribution is 0.102. The molecule has 0 fully saturated rings. The quantitative estimate of drug-likeness (QED) is 0.271. The van der Waals surface area contributed by atoms with Crippen LogP contribution in [0.1, 0.15) is 28.5 Å². The van der Waals surface area contributed by atoms with Gasteiger partial charge in [-0.25, -0.2) is 0 Å². The summed E-state index contributed by atoms with van der Waals surface area (Å²) in [6.07, 6.45) is 3.63. The predicted molar refractivity (Wildman–Crippen MR) is 71.6 cm³/mol. The molecule has 0 radical (unpaired) electrons. The van der Waals surface area contributed by atoms with Crippen LogP contribution in [-0.4, -0.2) is 36.9 Å². The Morgan fingerprint density at radius 3 is 3.00 bits per heavy atom. The summed E-state index contributed by atoms with van der Waals surface area (Å²) in [5.74, 6) is -0.224. The van der Waals surface area contributed by atoms with E-state index in [4.69, 9.17) is 10.9 Å². The van der Waals surface area contributed by atoms with Crippen LogP contribution >= 0.6 is 0 Å². The van der Waals surface area contributed by atoms with Crippen LogP contribution in [0.25, 0.3) is 0 Å². The van der Waals surface area contributed by atoms with Crippen LogP contribution in [0.3, 0.4) is 0 Å². The molecule has 0 aromatic carbocycles. The molecule has 106 valence electrons. The number of H-pyrrole nitrogens is 1. The minimum absolute atomic E-state index is 0.143. The SMILES string of the molecule is CCc1nn(C)cc1C(=O)Nc1[nH]ncc1/C(N)=N/O. The molecule has 1 amide bonds. The Morgan fingerprint density at radius 2 is 2.35 bits per heavy atom. The number of aromatic amines is 1. The molecule has 9 nitrogen and oxygen atoms in total. The van der Waals surface area contributed by atoms with Gasteiger partial charge in [0.25, 0.3) is 5.91 Å². The van der Waals surface area contributed by atoms with Crippen molar-refractivity contribution in [2.75, 3.05) is 5.32 Å². The highest BCUT2D eigenvalue weighted by Crippen LogP contribution is 2.14. The molecule has 2 aromatic heterocycles. The maximum atomic E-state index is 12.2. The Kier molecular flexibility index (Phi) is 3.69. The predicted octanol–water partition coefficient (Wildman–Crippen LogP) is 0.0524. The number of amides is 1. The van der Waals surface area contributed by atoms with Crippen LogP contribution in [0.5, 0.6) is 0 Å². The Bertz CT molecular complexity index is 656. The van der Waals surface area contributed by atoms with Crippen molar-refractivity contribution in [3.05, 3.63) is 29.2 Å². The molecule has 2 heterocycles. The zero-order chi connectivity index (χ0) is 14.7. The Morgan fingerprint density at radius 1 is 1.60 bits per heavy atom. The topological polar surface area (TPSA) is 134 Å². The van der Waals surface area contributed by atoms with E-state index in [0.29, 0.717) is 23.2 Å². The normalized spacial score (nSPS) is 11.6. The fraction of sp³-hybridized carbons (Fsp3) is 0.273. The molecule has 0 bridgehead atoms. The summed E-state index contributed by atoms with van der Waals surface area (Å²) >= 11 is 0. The van der Waals surface area contributed by atoms with Gasteiger partial charge in [-0.15, -0.1) is 0 Å². The number of carbonyl (C=O) groups excluding carboxylic acids is 1. The third-order valence-electron chi connectivity index (χ3n) is 2.75. The number of aromatic nitrogens is 4. The van der Waals surface area contributed by atoms with Crippen LogP contribution in [0, 0.1) is 0 Å². The van der Waals surface area contributed by atoms with Crippen molar-refractivity contribution in [1.82, 2.24) is 20.0 Å². The summed E-state index contributed by atoms with van der Waals surface area (Å²) in [5.41, 5.74) is 6.95. The van der Waals surface area contributed by atoms with Crippen molar-refractivity contribution in [1.29, 1.82) is 0 Å². The van der Waals surface area contributed by atoms with Gasteiger partial charge in [0.2, 0.25) is 0 Å². The summed E-state index contributed by atoms with van der Waals surface area (Å²) in [6.45, 7) is 1.91. The number of carbonyl (C=O) groups is 1. The molecule has 0 aliphatic rings. The molecule has 5 N–H and O–H groups in total. The highest BCUT2D eigenvalue weighted by Gasteiger charge is 2.17. The van der Waals surface area contributed by atoms with E-state index in [1.807, 2.05) is 6.92 Å². The van der Waals surface area contributed by atoms with Crippen molar-refractivity contribution in [2.45, 2.75) is 13.3 Å². The van der Waals surface area contributed by atoms with Gasteiger partial charge in [0, 0.05) is 13.2 Å². The van der Waals surface area contributed by atoms with E-state index in [1.54, 1.807) is 17.9 Å². The summed E-state index contributed by atoms with van der Waals surface area (Å²) in [7, 11) is 1.74. The average Bonchev–Trinajstić information content (AvgIpc) is 3.04. The molecular weight excluding hydrogens is 262 g/mol. The van der Waals surface area contributed by atoms with E-state index in [1.165, 1.54) is 6.20 Å². The van der Waals surface area contributed by atoms with E-state index >= 15 is 0 Å². The Labute approximate surface area is 114 Å². The maximum Gasteiger partial charge on any atom is 0.260 e. The molecule has 0 spiro atoms. The second-order valence-electron chi connectivity index (χ2n) is 4.11. The van der Waals surface area contributed by atoms with Gasteiger partial charge in [0.15, 0.2) is 5.84 Å². The Balaban J connectivity index is 2.26. The van der Waals surface area contributed by atoms with Gasteiger partial charge < -0.3 is 16.3 Å². The van der Waals surface area contributed by atoms with E-state index in [2.05, 4.69) is 25.8 Å². The van der Waals surface area contributed by atoms with Crippen molar-refractivity contribution >= 4 is 17.6 Å². The van der Waals surface area contributed by atoms with E-state index in [0.717, 1.165) is 0 Å². The zero-order valence-electron chi connectivity index (χ0n) is 11.1. The standard InChI is InChI=1S/C11H15N7O2/c1-3-8-7(5-18(2)16-8)11(19)14-10-6(4-13-15-10)9(12)17-20/h4-5,20H,3H2,1-2H3,(H2,12,17)(H2,13,14,15,19). The minimum atomic E-state index is -0.341. The molecule has 20 heavy (non-hydrogen) atoms. The number of nitrogens with two attached hydrogens (primary N) is 1. The van der Waals surface area contributed by atoms with Gasteiger partial charge in [-0.1, -0.05) is 12.1 Å². The van der Waals surface area contributed by atoms with Crippen LogP contribution in [0.15, 0.2) is 17.5 Å². The molecule has 9 heteroatoms. The molecule has 2 rings (SSSR count). The number of amidine groups is 1. The molecule has 0 saturated carbocycles. The van der Waals surface area contributed by atoms with Gasteiger partial charge in [-0.3, -0.25) is 14.6 Å². The number of oxime groups is 1. The van der Waals surface area contributed by atoms with Crippen molar-refractivity contribution in [3.63, 3.8) is 0 Å². The first-order chi connectivity index (χ1) is 9.56. The van der Waals surface area contributed by atoms with Crippen LogP contribution in [-0.2, 0) is 13.5 Å². The van der Waals surface area contributed by atoms with Crippen LogP contribution in [0.4, 0.5) is 5.82 Å². The summed E-state index contributed by atoms with van der Waals surface area (Å²) in [4.78, 5) is 12.2. The van der Waals surface area contributed by atoms with Gasteiger partial charge in [-0.2, -0.15) is 10.2 Å². The van der Waals surface area contributed by atoms with Crippen LogP contribution < -0.4 is 11.1 Å². The third-order valence-corrected chi connectivity index (χ3v) is 2.75. The third kappa shape index (κ3) is 2.46. The molecule has 0 atom stereocenters. The number of hydrogen-bond acceptors (Lipinski definition) is 5. The van der Waals surface area contributed by atoms with E-state index in [9.17, 15) is 4.79 Å². The number of nitrogens with one attached hydrogen (secondary N) is 2. The molecule has 0 saturated heterocycles. The smallest absolute Gasteiger partial charge is 0.260 e. The minimum Gasteiger partial charge on any atom is -0.409 e. The Hall–Kier alpha value is -2.84. The second-order valence-corrected chi connectivity index (χ2v) is 4.11. The molecule has 0 unspecified atom stereocenters. The van der Waals surface area contributed by atoms with Gasteiger partial charge in [0.05, 0.1) is 23.0 Å². The van der Waals surface area contributed by atoms with Crippen molar-refractivity contribution in [2.24, 2.45) is 17.9 Å². The van der Waals surface area contributed by atoms with E-state index in [-0.39, 0.29) is 17.6 Å². The fourth-order valence-corrected chi connectivity index (χ4v) is 1.80. The molecule has 0 aliphatic heterocycles. The maximum absolute atomic E-state index is 12.2. The molecule has 0 aliphatic carbocycles. The fourth-order valence-electron chi connectivity index (χ4n) is 1.80. The first-order valence-corrected chi connectivity index (χ1v) is 5.92. The zero-order valence-corrected chi connectivity index (χ0v) is 11.1. The largest absolute Gasteiger partial charge is 0.409 e. The first kappa shape index (κ1) is 13.6. The summed E-state index contributed by atoms with van der Waals surface area (Å²) < 4.78 is 1.57. The first-order valence-electron chi connectivity index (χ1n) is 5.92. The second kappa shape index (κ2) is 5.43. The number of hydrogen-bond donors (Lipinski definition) is 4. The molecule has 2 aromatic rings. The monoisotopic (exact) mass is 277 g/mol. The number of rotatable bonds is 4.